The molecule has 2 nitrogen and oxygen atoms in total. The van der Waals surface area contributed by atoms with Crippen molar-refractivity contribution < 1.29 is 9.50 Å². The van der Waals surface area contributed by atoms with E-state index in [-0.39, 0.29) is 11.9 Å². The van der Waals surface area contributed by atoms with Crippen LogP contribution in [0.2, 0.25) is 0 Å². The first-order valence-corrected chi connectivity index (χ1v) is 6.95. The van der Waals surface area contributed by atoms with E-state index in [0.717, 1.165) is 5.56 Å². The Balaban J connectivity index is 2.09. The molecule has 0 bridgehead atoms. The van der Waals surface area contributed by atoms with Crippen molar-refractivity contribution in [1.29, 1.82) is 0 Å². The minimum Gasteiger partial charge on any atom is -0.383 e. The van der Waals surface area contributed by atoms with E-state index in [9.17, 15) is 9.50 Å². The van der Waals surface area contributed by atoms with Crippen molar-refractivity contribution in [1.82, 2.24) is 5.32 Å². The molecule has 2 atom stereocenters. The van der Waals surface area contributed by atoms with E-state index < -0.39 is 5.60 Å². The second-order valence-corrected chi connectivity index (χ2v) is 5.27. The first-order valence-electron chi connectivity index (χ1n) is 6.95. The smallest absolute Gasteiger partial charge is 0.129 e. The monoisotopic (exact) mass is 271 g/mol. The third-order valence-corrected chi connectivity index (χ3v) is 4.22. The van der Waals surface area contributed by atoms with Gasteiger partial charge in [0.2, 0.25) is 0 Å². The summed E-state index contributed by atoms with van der Waals surface area (Å²) in [6.45, 7) is 2.59. The topological polar surface area (TPSA) is 32.3 Å². The summed E-state index contributed by atoms with van der Waals surface area (Å²) in [5.41, 5.74) is 1.34. The van der Waals surface area contributed by atoms with Crippen LogP contribution in [0.25, 0.3) is 0 Å². The molecule has 0 radical (unpaired) electrons. The largest absolute Gasteiger partial charge is 0.383 e. The number of nitrogens with one attached hydrogen (secondary N) is 1. The van der Waals surface area contributed by atoms with Crippen molar-refractivity contribution in [3.8, 4) is 0 Å². The molecule has 3 heteroatoms. The molecule has 0 amide bonds. The van der Waals surface area contributed by atoms with Crippen molar-refractivity contribution in [2.24, 2.45) is 0 Å². The molecule has 2 unspecified atom stereocenters. The Kier molecular flexibility index (Phi) is 3.32. The number of halogens is 1. The summed E-state index contributed by atoms with van der Waals surface area (Å²) >= 11 is 0. The molecular formula is C17H18FNO. The van der Waals surface area contributed by atoms with Crippen molar-refractivity contribution >= 4 is 0 Å². The van der Waals surface area contributed by atoms with Gasteiger partial charge in [0.15, 0.2) is 0 Å². The van der Waals surface area contributed by atoms with E-state index in [4.69, 9.17) is 0 Å². The third-order valence-electron chi connectivity index (χ3n) is 4.22. The molecule has 0 saturated heterocycles. The Hall–Kier alpha value is -1.71. The summed E-state index contributed by atoms with van der Waals surface area (Å²) in [6, 6.07) is 14.2. The molecule has 2 aromatic carbocycles. The molecule has 0 fully saturated rings. The van der Waals surface area contributed by atoms with E-state index >= 15 is 0 Å². The van der Waals surface area contributed by atoms with Crippen LogP contribution in [0.4, 0.5) is 4.39 Å². The van der Waals surface area contributed by atoms with E-state index in [1.807, 2.05) is 31.2 Å². The van der Waals surface area contributed by atoms with Crippen molar-refractivity contribution in [2.45, 2.75) is 31.5 Å². The number of hydrogen-bond acceptors (Lipinski definition) is 2. The lowest BCUT2D eigenvalue weighted by Crippen LogP contribution is -2.38. The van der Waals surface area contributed by atoms with Crippen LogP contribution in [0, 0.1) is 5.82 Å². The zero-order valence-electron chi connectivity index (χ0n) is 11.4. The Morgan fingerprint density at radius 1 is 1.20 bits per heavy atom. The van der Waals surface area contributed by atoms with Crippen LogP contribution in [0.5, 0.6) is 0 Å². The average Bonchev–Trinajstić information content (AvgIpc) is 2.91. The summed E-state index contributed by atoms with van der Waals surface area (Å²) in [6.07, 6.45) is 0.444. The number of hydrogen-bond donors (Lipinski definition) is 2. The van der Waals surface area contributed by atoms with Crippen LogP contribution in [-0.2, 0) is 12.1 Å². The highest BCUT2D eigenvalue weighted by molar-refractivity contribution is 5.39. The fourth-order valence-electron chi connectivity index (χ4n) is 3.09. The van der Waals surface area contributed by atoms with Gasteiger partial charge in [-0.2, -0.15) is 0 Å². The van der Waals surface area contributed by atoms with Gasteiger partial charge in [0.25, 0.3) is 0 Å². The molecule has 0 aliphatic carbocycles. The molecule has 1 aliphatic heterocycles. The van der Waals surface area contributed by atoms with Crippen LogP contribution in [0.15, 0.2) is 48.5 Å². The maximum atomic E-state index is 14.1. The summed E-state index contributed by atoms with van der Waals surface area (Å²) in [5.74, 6) is -0.358. The number of fused-ring (bicyclic) bond motifs is 1. The Morgan fingerprint density at radius 3 is 2.65 bits per heavy atom. The van der Waals surface area contributed by atoms with Crippen LogP contribution in [0.1, 0.15) is 36.1 Å². The van der Waals surface area contributed by atoms with Gasteiger partial charge in [-0.25, -0.2) is 4.39 Å². The summed E-state index contributed by atoms with van der Waals surface area (Å²) in [7, 11) is 0. The van der Waals surface area contributed by atoms with Gasteiger partial charge >= 0.3 is 0 Å². The van der Waals surface area contributed by atoms with Crippen LogP contribution in [-0.4, -0.2) is 5.11 Å². The minimum atomic E-state index is -1.24. The lowest BCUT2D eigenvalue weighted by Gasteiger charge is -2.34. The standard InChI is InChI=1S/C17H18FNO/c1-2-17(20,14-9-5-6-10-15(14)18)16-13-8-4-3-7-12(13)11-19-16/h3-10,16,19-20H,2,11H2,1H3. The van der Waals surface area contributed by atoms with Crippen LogP contribution < -0.4 is 5.32 Å². The number of aliphatic hydroxyl groups is 1. The van der Waals surface area contributed by atoms with Crippen molar-refractivity contribution in [2.75, 3.05) is 0 Å². The van der Waals surface area contributed by atoms with Gasteiger partial charge in [-0.15, -0.1) is 0 Å². The zero-order valence-corrected chi connectivity index (χ0v) is 11.4. The van der Waals surface area contributed by atoms with Gasteiger partial charge in [-0.1, -0.05) is 49.4 Å². The van der Waals surface area contributed by atoms with Gasteiger partial charge in [0.1, 0.15) is 11.4 Å². The zero-order chi connectivity index (χ0) is 14.2. The fourth-order valence-corrected chi connectivity index (χ4v) is 3.09. The van der Waals surface area contributed by atoms with Gasteiger partial charge in [0.05, 0.1) is 6.04 Å². The predicted octanol–water partition coefficient (Wildman–Crippen LogP) is 3.27. The second-order valence-electron chi connectivity index (χ2n) is 5.27. The van der Waals surface area contributed by atoms with Crippen LogP contribution >= 0.6 is 0 Å². The Morgan fingerprint density at radius 2 is 1.90 bits per heavy atom. The second kappa shape index (κ2) is 5.00. The lowest BCUT2D eigenvalue weighted by molar-refractivity contribution is -0.00837. The van der Waals surface area contributed by atoms with Gasteiger partial charge in [-0.3, -0.25) is 0 Å². The van der Waals surface area contributed by atoms with E-state index in [1.165, 1.54) is 11.6 Å². The lowest BCUT2D eigenvalue weighted by atomic mass is 9.81. The normalized spacial score (nSPS) is 20.4. The fraction of sp³-hybridized carbons (Fsp3) is 0.294. The maximum absolute atomic E-state index is 14.1. The van der Waals surface area contributed by atoms with Crippen molar-refractivity contribution in [3.63, 3.8) is 0 Å². The quantitative estimate of drug-likeness (QED) is 0.898. The highest BCUT2D eigenvalue weighted by atomic mass is 19.1. The number of benzene rings is 2. The molecule has 0 spiro atoms. The minimum absolute atomic E-state index is 0.277. The number of rotatable bonds is 3. The summed E-state index contributed by atoms with van der Waals surface area (Å²) in [4.78, 5) is 0. The molecule has 104 valence electrons. The SMILES string of the molecule is CCC(O)(c1ccccc1F)C1NCc2ccccc21. The summed E-state index contributed by atoms with van der Waals surface area (Å²) < 4.78 is 14.1. The van der Waals surface area contributed by atoms with E-state index in [1.54, 1.807) is 18.2 Å². The van der Waals surface area contributed by atoms with Crippen molar-refractivity contribution in [3.05, 3.63) is 71.0 Å². The van der Waals surface area contributed by atoms with Crippen LogP contribution in [0.3, 0.4) is 0 Å². The molecule has 20 heavy (non-hydrogen) atoms. The molecule has 3 rings (SSSR count). The predicted molar refractivity (Wildman–Crippen MR) is 76.6 cm³/mol. The average molecular weight is 271 g/mol. The molecule has 0 saturated carbocycles. The molecule has 1 heterocycles. The van der Waals surface area contributed by atoms with E-state index in [2.05, 4.69) is 5.32 Å². The van der Waals surface area contributed by atoms with Gasteiger partial charge < -0.3 is 10.4 Å². The maximum Gasteiger partial charge on any atom is 0.129 e. The van der Waals surface area contributed by atoms with Gasteiger partial charge in [0, 0.05) is 12.1 Å². The highest BCUT2D eigenvalue weighted by Crippen LogP contribution is 2.42. The Bertz CT molecular complexity index is 628. The third kappa shape index (κ3) is 1.94. The molecular weight excluding hydrogens is 253 g/mol. The highest BCUT2D eigenvalue weighted by Gasteiger charge is 2.42. The molecule has 2 N–H and O–H groups in total. The molecule has 1 aliphatic rings. The first kappa shape index (κ1) is 13.3. The first-order chi connectivity index (χ1) is 9.66. The van der Waals surface area contributed by atoms with E-state index in [0.29, 0.717) is 18.5 Å². The van der Waals surface area contributed by atoms with Gasteiger partial charge in [-0.05, 0) is 23.6 Å². The molecule has 2 aromatic rings. The summed E-state index contributed by atoms with van der Waals surface area (Å²) in [5, 5.41) is 14.4. The molecule has 0 aromatic heterocycles. The Labute approximate surface area is 118 Å².